The van der Waals surface area contributed by atoms with Gasteiger partial charge in [-0.05, 0) is 24.8 Å². The molecule has 1 aromatic carbocycles. The molecule has 1 heterocycles. The summed E-state index contributed by atoms with van der Waals surface area (Å²) in [4.78, 5) is 0. The monoisotopic (exact) mass is 267 g/mol. The van der Waals surface area contributed by atoms with E-state index in [0.29, 0.717) is 11.6 Å². The van der Waals surface area contributed by atoms with Crippen molar-refractivity contribution in [2.45, 2.75) is 43.7 Å². The van der Waals surface area contributed by atoms with Crippen molar-refractivity contribution in [2.24, 2.45) is 0 Å². The zero-order valence-corrected chi connectivity index (χ0v) is 11.5. The zero-order valence-electron chi connectivity index (χ0n) is 10.7. The van der Waals surface area contributed by atoms with Crippen LogP contribution in [0.1, 0.15) is 31.2 Å². The van der Waals surface area contributed by atoms with Crippen molar-refractivity contribution in [3.05, 3.63) is 35.9 Å². The minimum Gasteiger partial charge on any atom is -0.378 e. The Bertz CT molecular complexity index is 362. The molecule has 0 amide bonds. The molecule has 1 saturated heterocycles. The van der Waals surface area contributed by atoms with Crippen LogP contribution in [0.15, 0.2) is 30.3 Å². The number of halogens is 1. The largest absolute Gasteiger partial charge is 0.378 e. The highest BCUT2D eigenvalue weighted by molar-refractivity contribution is 5.85. The summed E-state index contributed by atoms with van der Waals surface area (Å²) in [5.41, 5.74) is 1.71. The van der Waals surface area contributed by atoms with Crippen LogP contribution in [-0.2, 0) is 11.2 Å². The van der Waals surface area contributed by atoms with Crippen LogP contribution >= 0.6 is 12.4 Å². The van der Waals surface area contributed by atoms with Gasteiger partial charge < -0.3 is 10.1 Å². The molecule has 2 fully saturated rings. The van der Waals surface area contributed by atoms with E-state index >= 15 is 0 Å². The Hall–Kier alpha value is -0.570. The summed E-state index contributed by atoms with van der Waals surface area (Å²) in [6, 6.07) is 11.2. The minimum atomic E-state index is 0. The molecule has 3 rings (SSSR count). The molecule has 1 atom stereocenters. The van der Waals surface area contributed by atoms with E-state index in [9.17, 15) is 0 Å². The lowest BCUT2D eigenvalue weighted by molar-refractivity contribution is 0.00113. The molecule has 1 aliphatic carbocycles. The molecule has 1 aliphatic heterocycles. The van der Waals surface area contributed by atoms with Crippen LogP contribution in [0.4, 0.5) is 0 Å². The highest BCUT2D eigenvalue weighted by Crippen LogP contribution is 2.32. The molecule has 0 radical (unpaired) electrons. The van der Waals surface area contributed by atoms with Gasteiger partial charge in [0.1, 0.15) is 0 Å². The topological polar surface area (TPSA) is 21.3 Å². The van der Waals surface area contributed by atoms with Gasteiger partial charge in [-0.15, -0.1) is 12.4 Å². The number of nitrogens with one attached hydrogen (secondary N) is 1. The fourth-order valence-corrected chi connectivity index (χ4v) is 3.26. The van der Waals surface area contributed by atoms with Crippen molar-refractivity contribution < 1.29 is 4.74 Å². The summed E-state index contributed by atoms with van der Waals surface area (Å²) in [6.45, 7) is 1.77. The molecule has 0 aromatic heterocycles. The van der Waals surface area contributed by atoms with Crippen molar-refractivity contribution >= 4 is 12.4 Å². The van der Waals surface area contributed by atoms with E-state index < -0.39 is 0 Å². The zero-order chi connectivity index (χ0) is 11.6. The van der Waals surface area contributed by atoms with Gasteiger partial charge in [-0.1, -0.05) is 43.2 Å². The molecular formula is C15H22ClNO. The van der Waals surface area contributed by atoms with E-state index in [1.54, 1.807) is 0 Å². The molecule has 18 heavy (non-hydrogen) atoms. The third kappa shape index (κ3) is 3.05. The van der Waals surface area contributed by atoms with E-state index in [1.165, 1.54) is 31.2 Å². The maximum absolute atomic E-state index is 5.83. The molecular weight excluding hydrogens is 246 g/mol. The quantitative estimate of drug-likeness (QED) is 0.890. The number of benzene rings is 1. The average molecular weight is 268 g/mol. The second-order valence-electron chi connectivity index (χ2n) is 5.53. The first-order valence-corrected chi connectivity index (χ1v) is 6.76. The van der Waals surface area contributed by atoms with Crippen LogP contribution in [0, 0.1) is 0 Å². The van der Waals surface area contributed by atoms with Crippen LogP contribution < -0.4 is 5.32 Å². The van der Waals surface area contributed by atoms with Crippen molar-refractivity contribution in [1.82, 2.24) is 5.32 Å². The maximum Gasteiger partial charge on any atom is 0.0649 e. The molecule has 0 unspecified atom stereocenters. The molecule has 2 nitrogen and oxygen atoms in total. The summed E-state index contributed by atoms with van der Waals surface area (Å²) in [5.74, 6) is 0. The van der Waals surface area contributed by atoms with E-state index in [1.807, 2.05) is 0 Å². The van der Waals surface area contributed by atoms with Crippen molar-refractivity contribution in [1.29, 1.82) is 0 Å². The lowest BCUT2D eigenvalue weighted by atomic mass is 9.94. The van der Waals surface area contributed by atoms with E-state index in [4.69, 9.17) is 4.74 Å². The smallest absolute Gasteiger partial charge is 0.0649 e. The molecule has 100 valence electrons. The lowest BCUT2D eigenvalue weighted by Gasteiger charge is -2.39. The van der Waals surface area contributed by atoms with Gasteiger partial charge in [0, 0.05) is 11.6 Å². The van der Waals surface area contributed by atoms with Gasteiger partial charge in [-0.25, -0.2) is 0 Å². The van der Waals surface area contributed by atoms with Gasteiger partial charge in [-0.3, -0.25) is 0 Å². The molecule has 1 aromatic rings. The Morgan fingerprint density at radius 3 is 2.61 bits per heavy atom. The van der Waals surface area contributed by atoms with Gasteiger partial charge in [0.05, 0.1) is 13.2 Å². The maximum atomic E-state index is 5.83. The van der Waals surface area contributed by atoms with Crippen LogP contribution in [0.5, 0.6) is 0 Å². The summed E-state index contributed by atoms with van der Waals surface area (Å²) in [7, 11) is 0. The Kier molecular flexibility index (Phi) is 4.66. The third-order valence-electron chi connectivity index (χ3n) is 4.09. The van der Waals surface area contributed by atoms with Crippen molar-refractivity contribution in [3.8, 4) is 0 Å². The minimum absolute atomic E-state index is 0. The molecule has 1 spiro atoms. The van der Waals surface area contributed by atoms with Gasteiger partial charge in [0.25, 0.3) is 0 Å². The van der Waals surface area contributed by atoms with Crippen LogP contribution in [0.25, 0.3) is 0 Å². The number of hydrogen-bond acceptors (Lipinski definition) is 2. The van der Waals surface area contributed by atoms with E-state index in [2.05, 4.69) is 35.6 Å². The lowest BCUT2D eigenvalue weighted by Crippen LogP contribution is -2.58. The van der Waals surface area contributed by atoms with E-state index in [-0.39, 0.29) is 12.4 Å². The summed E-state index contributed by atoms with van der Waals surface area (Å²) < 4.78 is 5.83. The Morgan fingerprint density at radius 2 is 1.89 bits per heavy atom. The number of hydrogen-bond donors (Lipinski definition) is 1. The predicted octanol–water partition coefficient (Wildman–Crippen LogP) is 2.95. The summed E-state index contributed by atoms with van der Waals surface area (Å²) >= 11 is 0. The van der Waals surface area contributed by atoms with Crippen LogP contribution in [0.3, 0.4) is 0 Å². The fourth-order valence-electron chi connectivity index (χ4n) is 3.26. The Morgan fingerprint density at radius 1 is 1.17 bits per heavy atom. The normalized spacial score (nSPS) is 25.9. The van der Waals surface area contributed by atoms with Gasteiger partial charge in [0.2, 0.25) is 0 Å². The number of ether oxygens (including phenoxy) is 1. The van der Waals surface area contributed by atoms with Gasteiger partial charge in [-0.2, -0.15) is 0 Å². The van der Waals surface area contributed by atoms with Gasteiger partial charge in [0.15, 0.2) is 0 Å². The van der Waals surface area contributed by atoms with E-state index in [0.717, 1.165) is 19.6 Å². The predicted molar refractivity (Wildman–Crippen MR) is 76.3 cm³/mol. The van der Waals surface area contributed by atoms with Gasteiger partial charge >= 0.3 is 0 Å². The standard InChI is InChI=1S/C15H21NO.ClH/c1-2-6-13(7-3-1)10-14-11-17-12-15(16-14)8-4-5-9-15;/h1-3,6-7,14,16H,4-5,8-12H2;1H/t14-;/m0./s1. The number of rotatable bonds is 2. The molecule has 3 heteroatoms. The highest BCUT2D eigenvalue weighted by atomic mass is 35.5. The summed E-state index contributed by atoms with van der Waals surface area (Å²) in [5, 5.41) is 3.85. The van der Waals surface area contributed by atoms with Crippen LogP contribution in [-0.4, -0.2) is 24.8 Å². The average Bonchev–Trinajstić information content (AvgIpc) is 2.79. The van der Waals surface area contributed by atoms with Crippen molar-refractivity contribution in [2.75, 3.05) is 13.2 Å². The number of morpholine rings is 1. The Balaban J connectivity index is 0.00000120. The fraction of sp³-hybridized carbons (Fsp3) is 0.600. The highest BCUT2D eigenvalue weighted by Gasteiger charge is 2.38. The first kappa shape index (κ1) is 13.9. The summed E-state index contributed by atoms with van der Waals surface area (Å²) in [6.07, 6.45) is 6.38. The second kappa shape index (κ2) is 6.05. The first-order valence-electron chi connectivity index (χ1n) is 6.76. The van der Waals surface area contributed by atoms with Crippen LogP contribution in [0.2, 0.25) is 0 Å². The molecule has 0 bridgehead atoms. The molecule has 1 saturated carbocycles. The first-order chi connectivity index (χ1) is 8.36. The van der Waals surface area contributed by atoms with Crippen molar-refractivity contribution in [3.63, 3.8) is 0 Å². The SMILES string of the molecule is Cl.c1ccc(C[C@H]2COCC3(CCCC3)N2)cc1. The second-order valence-corrected chi connectivity index (χ2v) is 5.53. The molecule has 2 aliphatic rings. The Labute approximate surface area is 116 Å². The molecule has 1 N–H and O–H groups in total. The third-order valence-corrected chi connectivity index (χ3v) is 4.09.